The highest BCUT2D eigenvalue weighted by Gasteiger charge is 2.44. The standard InChI is InChI=1S/C52H97NO10/c1-3-5-7-9-11-13-15-17-19-21-22-23-24-26-27-29-31-33-35-37-39-44(55)47(57)43(42-62-52-50(60)49(59)48(58)46(41-54)63-52)53-51(61)45(56)40-38-36-34-32-30-28-25-20-18-16-14-12-10-8-6-4-2/h19,21,24,26,31,33,43-50,52,54-60H,3-18,20,22-23,25,27-30,32,34-42H2,1-2H3,(H,53,61)/b21-19+,26-24+,33-31+. The van der Waals surface area contributed by atoms with Crippen LogP contribution in [0.25, 0.3) is 0 Å². The fourth-order valence-corrected chi connectivity index (χ4v) is 8.12. The first kappa shape index (κ1) is 59.3. The summed E-state index contributed by atoms with van der Waals surface area (Å²) in [5.74, 6) is -0.711. The van der Waals surface area contributed by atoms with Crippen LogP contribution in [0.4, 0.5) is 0 Å². The van der Waals surface area contributed by atoms with Crippen molar-refractivity contribution in [2.75, 3.05) is 13.2 Å². The molecule has 0 aromatic rings. The van der Waals surface area contributed by atoms with Gasteiger partial charge < -0.3 is 50.5 Å². The highest BCUT2D eigenvalue weighted by Crippen LogP contribution is 2.23. The minimum Gasteiger partial charge on any atom is -0.394 e. The SMILES string of the molecule is CCCCCCCCC/C=C/CC/C=C/CC/C=C/CCCC(O)C(O)C(COC1OC(CO)C(O)C(O)C1O)NC(=O)C(O)CCCCCCCCCCCCCCCCCC. The van der Waals surface area contributed by atoms with E-state index in [0.717, 1.165) is 44.9 Å². The first-order chi connectivity index (χ1) is 30.7. The van der Waals surface area contributed by atoms with E-state index < -0.39 is 74.2 Å². The van der Waals surface area contributed by atoms with Crippen LogP contribution in [0.15, 0.2) is 36.5 Å². The Morgan fingerprint density at radius 2 is 0.952 bits per heavy atom. The second-order valence-corrected chi connectivity index (χ2v) is 18.2. The molecule has 0 saturated carbocycles. The molecule has 0 bridgehead atoms. The predicted octanol–water partition coefficient (Wildman–Crippen LogP) is 9.56. The zero-order valence-corrected chi connectivity index (χ0v) is 40.1. The number of hydrogen-bond donors (Lipinski definition) is 8. The smallest absolute Gasteiger partial charge is 0.249 e. The van der Waals surface area contributed by atoms with Gasteiger partial charge >= 0.3 is 0 Å². The Morgan fingerprint density at radius 1 is 0.540 bits per heavy atom. The molecule has 1 aliphatic heterocycles. The van der Waals surface area contributed by atoms with Gasteiger partial charge in [0.25, 0.3) is 0 Å². The van der Waals surface area contributed by atoms with E-state index in [-0.39, 0.29) is 12.8 Å². The average Bonchev–Trinajstić information content (AvgIpc) is 3.28. The van der Waals surface area contributed by atoms with Gasteiger partial charge in [-0.05, 0) is 64.2 Å². The molecule has 1 saturated heterocycles. The summed E-state index contributed by atoms with van der Waals surface area (Å²) in [7, 11) is 0. The quantitative estimate of drug-likeness (QED) is 0.0216. The second kappa shape index (κ2) is 41.7. The number of ether oxygens (including phenoxy) is 2. The van der Waals surface area contributed by atoms with Crippen molar-refractivity contribution >= 4 is 5.91 Å². The number of aliphatic hydroxyl groups is 7. The molecule has 1 heterocycles. The van der Waals surface area contributed by atoms with Gasteiger partial charge in [-0.2, -0.15) is 0 Å². The zero-order chi connectivity index (χ0) is 46.2. The number of carbonyl (C=O) groups is 1. The van der Waals surface area contributed by atoms with Crippen LogP contribution in [0.2, 0.25) is 0 Å². The molecular weight excluding hydrogens is 799 g/mol. The molecule has 0 radical (unpaired) electrons. The van der Waals surface area contributed by atoms with Crippen LogP contribution in [0, 0.1) is 0 Å². The lowest BCUT2D eigenvalue weighted by molar-refractivity contribution is -0.303. The number of amides is 1. The molecule has 9 unspecified atom stereocenters. The monoisotopic (exact) mass is 896 g/mol. The molecule has 1 amide bonds. The van der Waals surface area contributed by atoms with Gasteiger partial charge in [0.1, 0.15) is 36.6 Å². The first-order valence-electron chi connectivity index (χ1n) is 25.9. The van der Waals surface area contributed by atoms with E-state index in [1.165, 1.54) is 128 Å². The van der Waals surface area contributed by atoms with Gasteiger partial charge in [-0.3, -0.25) is 4.79 Å². The third-order valence-corrected chi connectivity index (χ3v) is 12.4. The van der Waals surface area contributed by atoms with Gasteiger partial charge in [0.2, 0.25) is 5.91 Å². The van der Waals surface area contributed by atoms with E-state index in [9.17, 15) is 40.5 Å². The van der Waals surface area contributed by atoms with Gasteiger partial charge in [0.05, 0.1) is 25.4 Å². The summed E-state index contributed by atoms with van der Waals surface area (Å²) in [4.78, 5) is 13.1. The van der Waals surface area contributed by atoms with E-state index in [1.807, 2.05) is 0 Å². The number of rotatable bonds is 43. The van der Waals surface area contributed by atoms with Crippen LogP contribution < -0.4 is 5.32 Å². The van der Waals surface area contributed by atoms with Crippen LogP contribution in [0.3, 0.4) is 0 Å². The molecule has 11 heteroatoms. The van der Waals surface area contributed by atoms with Crippen molar-refractivity contribution in [1.29, 1.82) is 0 Å². The third-order valence-electron chi connectivity index (χ3n) is 12.4. The average molecular weight is 896 g/mol. The molecule has 1 rings (SSSR count). The van der Waals surface area contributed by atoms with Gasteiger partial charge in [0, 0.05) is 0 Å². The van der Waals surface area contributed by atoms with Crippen LogP contribution in [0.5, 0.6) is 0 Å². The van der Waals surface area contributed by atoms with Gasteiger partial charge in [-0.25, -0.2) is 0 Å². The highest BCUT2D eigenvalue weighted by atomic mass is 16.7. The second-order valence-electron chi connectivity index (χ2n) is 18.2. The lowest BCUT2D eigenvalue weighted by atomic mass is 9.98. The van der Waals surface area contributed by atoms with E-state index in [2.05, 4.69) is 55.6 Å². The van der Waals surface area contributed by atoms with Crippen LogP contribution in [-0.2, 0) is 14.3 Å². The van der Waals surface area contributed by atoms with Crippen molar-refractivity contribution in [3.63, 3.8) is 0 Å². The van der Waals surface area contributed by atoms with Crippen molar-refractivity contribution in [2.24, 2.45) is 0 Å². The summed E-state index contributed by atoms with van der Waals surface area (Å²) in [6.07, 6.45) is 37.6. The van der Waals surface area contributed by atoms with Crippen LogP contribution >= 0.6 is 0 Å². The Labute approximate surface area is 384 Å². The third kappa shape index (κ3) is 31.0. The Balaban J connectivity index is 2.43. The van der Waals surface area contributed by atoms with Crippen molar-refractivity contribution in [2.45, 2.75) is 274 Å². The maximum absolute atomic E-state index is 13.1. The first-order valence-corrected chi connectivity index (χ1v) is 25.9. The van der Waals surface area contributed by atoms with Gasteiger partial charge in [-0.1, -0.05) is 192 Å². The summed E-state index contributed by atoms with van der Waals surface area (Å²) in [6, 6.07) is -1.19. The Hall–Kier alpha value is -1.67. The maximum Gasteiger partial charge on any atom is 0.249 e. The van der Waals surface area contributed by atoms with Crippen LogP contribution in [-0.4, -0.2) is 110 Å². The van der Waals surface area contributed by atoms with E-state index in [4.69, 9.17) is 9.47 Å². The molecule has 1 aliphatic rings. The summed E-state index contributed by atoms with van der Waals surface area (Å²) >= 11 is 0. The van der Waals surface area contributed by atoms with Gasteiger partial charge in [-0.15, -0.1) is 0 Å². The molecule has 0 aliphatic carbocycles. The Morgan fingerprint density at radius 3 is 1.41 bits per heavy atom. The lowest BCUT2D eigenvalue weighted by Gasteiger charge is -2.40. The number of carbonyl (C=O) groups excluding carboxylic acids is 1. The number of allylic oxidation sites excluding steroid dienone is 6. The van der Waals surface area contributed by atoms with E-state index in [0.29, 0.717) is 19.3 Å². The highest BCUT2D eigenvalue weighted by molar-refractivity contribution is 5.80. The van der Waals surface area contributed by atoms with Crippen molar-refractivity contribution < 1.29 is 50.0 Å². The van der Waals surface area contributed by atoms with E-state index in [1.54, 1.807) is 0 Å². The number of aliphatic hydroxyl groups excluding tert-OH is 7. The number of unbranched alkanes of at least 4 members (excludes halogenated alkanes) is 25. The largest absolute Gasteiger partial charge is 0.394 e. The molecular formula is C52H97NO10. The molecule has 11 nitrogen and oxygen atoms in total. The summed E-state index contributed by atoms with van der Waals surface area (Å²) in [5, 5.41) is 75.8. The van der Waals surface area contributed by atoms with E-state index >= 15 is 0 Å². The van der Waals surface area contributed by atoms with Crippen LogP contribution in [0.1, 0.15) is 219 Å². The normalized spacial score (nSPS) is 21.4. The minimum atomic E-state index is -1.67. The zero-order valence-electron chi connectivity index (χ0n) is 40.1. The molecule has 0 aromatic carbocycles. The van der Waals surface area contributed by atoms with Crippen molar-refractivity contribution in [3.8, 4) is 0 Å². The molecule has 63 heavy (non-hydrogen) atoms. The molecule has 370 valence electrons. The Kier molecular flexibility index (Phi) is 39.3. The fraction of sp³-hybridized carbons (Fsp3) is 0.865. The van der Waals surface area contributed by atoms with Crippen molar-refractivity contribution in [1.82, 2.24) is 5.32 Å². The number of hydrogen-bond acceptors (Lipinski definition) is 10. The lowest BCUT2D eigenvalue weighted by Crippen LogP contribution is -2.60. The predicted molar refractivity (Wildman–Crippen MR) is 256 cm³/mol. The summed E-state index contributed by atoms with van der Waals surface area (Å²) in [5.41, 5.74) is 0. The maximum atomic E-state index is 13.1. The van der Waals surface area contributed by atoms with Gasteiger partial charge in [0.15, 0.2) is 6.29 Å². The number of nitrogens with one attached hydrogen (secondary N) is 1. The molecule has 0 spiro atoms. The minimum absolute atomic E-state index is 0.242. The molecule has 1 fully saturated rings. The summed E-state index contributed by atoms with van der Waals surface area (Å²) in [6.45, 7) is 3.43. The van der Waals surface area contributed by atoms with Crippen molar-refractivity contribution in [3.05, 3.63) is 36.5 Å². The Bertz CT molecular complexity index is 1120. The topological polar surface area (TPSA) is 189 Å². The molecule has 9 atom stereocenters. The fourth-order valence-electron chi connectivity index (χ4n) is 8.12. The summed E-state index contributed by atoms with van der Waals surface area (Å²) < 4.78 is 11.1. The molecule has 0 aromatic heterocycles. The molecule has 8 N–H and O–H groups in total.